The van der Waals surface area contributed by atoms with Gasteiger partial charge < -0.3 is 10.1 Å². The van der Waals surface area contributed by atoms with Gasteiger partial charge in [-0.15, -0.1) is 0 Å². The van der Waals surface area contributed by atoms with E-state index >= 15 is 0 Å². The molecule has 1 amide bonds. The molecule has 1 aliphatic rings. The Balaban J connectivity index is 1.48. The molecule has 0 unspecified atom stereocenters. The van der Waals surface area contributed by atoms with Gasteiger partial charge in [-0.25, -0.2) is 13.2 Å². The maximum Gasteiger partial charge on any atom is 0.338 e. The Morgan fingerprint density at radius 1 is 1.14 bits per heavy atom. The van der Waals surface area contributed by atoms with E-state index in [0.29, 0.717) is 36.6 Å². The Labute approximate surface area is 174 Å². The maximum absolute atomic E-state index is 12.2. The highest BCUT2D eigenvalue weighted by Gasteiger charge is 2.28. The quantitative estimate of drug-likeness (QED) is 0.673. The fourth-order valence-corrected chi connectivity index (χ4v) is 4.66. The van der Waals surface area contributed by atoms with Crippen LogP contribution in [0.4, 0.5) is 5.69 Å². The number of sulfonamides is 1. The first kappa shape index (κ1) is 21.1. The predicted molar refractivity (Wildman–Crippen MR) is 111 cm³/mol. The summed E-state index contributed by atoms with van der Waals surface area (Å²) in [6.07, 6.45) is 1.18. The van der Waals surface area contributed by atoms with Crippen molar-refractivity contribution in [2.75, 3.05) is 29.8 Å². The number of halogens is 1. The summed E-state index contributed by atoms with van der Waals surface area (Å²) in [5, 5.41) is 3.33. The molecule has 1 N–H and O–H groups in total. The van der Waals surface area contributed by atoms with Gasteiger partial charge in [0.1, 0.15) is 0 Å². The van der Waals surface area contributed by atoms with Crippen LogP contribution in [0.3, 0.4) is 0 Å². The molecule has 1 saturated heterocycles. The van der Waals surface area contributed by atoms with Crippen molar-refractivity contribution in [3.05, 3.63) is 64.7 Å². The van der Waals surface area contributed by atoms with Gasteiger partial charge in [-0.3, -0.25) is 9.10 Å². The topological polar surface area (TPSA) is 92.8 Å². The Kier molecular flexibility index (Phi) is 6.76. The lowest BCUT2D eigenvalue weighted by molar-refractivity contribution is -0.124. The smallest absolute Gasteiger partial charge is 0.338 e. The molecule has 0 aliphatic carbocycles. The predicted octanol–water partition coefficient (Wildman–Crippen LogP) is 2.40. The Hall–Kier alpha value is -2.58. The molecule has 0 aromatic heterocycles. The largest absolute Gasteiger partial charge is 0.452 e. The second kappa shape index (κ2) is 9.28. The average molecular weight is 437 g/mol. The van der Waals surface area contributed by atoms with Crippen molar-refractivity contribution in [2.45, 2.75) is 12.8 Å². The highest BCUT2D eigenvalue weighted by Crippen LogP contribution is 2.25. The van der Waals surface area contributed by atoms with Crippen molar-refractivity contribution >= 4 is 39.2 Å². The van der Waals surface area contributed by atoms with E-state index in [9.17, 15) is 18.0 Å². The van der Waals surface area contributed by atoms with Gasteiger partial charge in [-0.05, 0) is 48.7 Å². The van der Waals surface area contributed by atoms with Crippen LogP contribution in [0.15, 0.2) is 48.5 Å². The average Bonchev–Trinajstić information content (AvgIpc) is 3.07. The monoisotopic (exact) mass is 436 g/mol. The zero-order valence-corrected chi connectivity index (χ0v) is 17.2. The van der Waals surface area contributed by atoms with Gasteiger partial charge in [0, 0.05) is 18.1 Å². The molecular formula is C20H21ClN2O5S. The molecule has 1 heterocycles. The minimum absolute atomic E-state index is 0.0951. The maximum atomic E-state index is 12.2. The number of anilines is 1. The van der Waals surface area contributed by atoms with Crippen LogP contribution in [-0.2, 0) is 26.0 Å². The lowest BCUT2D eigenvalue weighted by atomic mass is 10.1. The standard InChI is InChI=1S/C20H21ClN2O5S/c21-17-7-5-15(6-8-17)9-10-22-19(24)14-28-20(25)16-3-1-4-18(13-16)23-11-2-12-29(23,26)27/h1,3-8,13H,2,9-12,14H2,(H,22,24). The molecule has 0 bridgehead atoms. The molecule has 0 saturated carbocycles. The van der Waals surface area contributed by atoms with Crippen LogP contribution in [-0.4, -0.2) is 45.7 Å². The zero-order chi connectivity index (χ0) is 20.9. The number of carbonyl (C=O) groups is 2. The van der Waals surface area contributed by atoms with E-state index in [1.54, 1.807) is 24.3 Å². The van der Waals surface area contributed by atoms with Crippen molar-refractivity contribution in [1.29, 1.82) is 0 Å². The first-order valence-electron chi connectivity index (χ1n) is 9.14. The van der Waals surface area contributed by atoms with Gasteiger partial charge in [0.25, 0.3) is 5.91 Å². The number of hydrogen-bond donors (Lipinski definition) is 1. The molecule has 0 radical (unpaired) electrons. The number of hydrogen-bond acceptors (Lipinski definition) is 5. The lowest BCUT2D eigenvalue weighted by Crippen LogP contribution is -2.30. The minimum Gasteiger partial charge on any atom is -0.452 e. The second-order valence-electron chi connectivity index (χ2n) is 6.59. The molecule has 1 fully saturated rings. The summed E-state index contributed by atoms with van der Waals surface area (Å²) in [5.74, 6) is -1.00. The number of nitrogens with one attached hydrogen (secondary N) is 1. The fourth-order valence-electron chi connectivity index (χ4n) is 2.98. The summed E-state index contributed by atoms with van der Waals surface area (Å²) in [6, 6.07) is 13.5. The van der Waals surface area contributed by atoms with Gasteiger partial charge in [-0.1, -0.05) is 29.8 Å². The Morgan fingerprint density at radius 3 is 2.59 bits per heavy atom. The van der Waals surface area contributed by atoms with Gasteiger partial charge in [-0.2, -0.15) is 0 Å². The number of ether oxygens (including phenoxy) is 1. The van der Waals surface area contributed by atoms with E-state index in [4.69, 9.17) is 16.3 Å². The highest BCUT2D eigenvalue weighted by atomic mass is 35.5. The summed E-state index contributed by atoms with van der Waals surface area (Å²) in [4.78, 5) is 24.1. The normalized spacial score (nSPS) is 15.1. The van der Waals surface area contributed by atoms with Gasteiger partial charge >= 0.3 is 5.97 Å². The number of amides is 1. The Morgan fingerprint density at radius 2 is 1.90 bits per heavy atom. The molecule has 1 aliphatic heterocycles. The zero-order valence-electron chi connectivity index (χ0n) is 15.6. The van der Waals surface area contributed by atoms with E-state index in [2.05, 4.69) is 5.32 Å². The molecule has 2 aromatic carbocycles. The van der Waals surface area contributed by atoms with Crippen LogP contribution in [0.2, 0.25) is 5.02 Å². The number of rotatable bonds is 7. The van der Waals surface area contributed by atoms with Gasteiger partial charge in [0.2, 0.25) is 10.0 Å². The molecule has 29 heavy (non-hydrogen) atoms. The summed E-state index contributed by atoms with van der Waals surface area (Å²) >= 11 is 5.83. The van der Waals surface area contributed by atoms with Crippen molar-refractivity contribution in [2.24, 2.45) is 0 Å². The SMILES string of the molecule is O=C(COC(=O)c1cccc(N2CCCS2(=O)=O)c1)NCCc1ccc(Cl)cc1. The van der Waals surface area contributed by atoms with Crippen molar-refractivity contribution < 1.29 is 22.7 Å². The Bertz CT molecular complexity index is 992. The van der Waals surface area contributed by atoms with E-state index in [-0.39, 0.29) is 11.3 Å². The third-order valence-corrected chi connectivity index (χ3v) is 6.57. The number of benzene rings is 2. The molecule has 3 rings (SSSR count). The van der Waals surface area contributed by atoms with Gasteiger partial charge in [0.05, 0.1) is 17.0 Å². The molecule has 7 nitrogen and oxygen atoms in total. The molecule has 9 heteroatoms. The van der Waals surface area contributed by atoms with Crippen molar-refractivity contribution in [3.63, 3.8) is 0 Å². The number of esters is 1. The van der Waals surface area contributed by atoms with Crippen LogP contribution in [0.25, 0.3) is 0 Å². The van der Waals surface area contributed by atoms with Crippen molar-refractivity contribution in [3.8, 4) is 0 Å². The molecule has 0 atom stereocenters. The van der Waals surface area contributed by atoms with Gasteiger partial charge in [0.15, 0.2) is 6.61 Å². The third-order valence-electron chi connectivity index (χ3n) is 4.45. The third kappa shape index (κ3) is 5.71. The summed E-state index contributed by atoms with van der Waals surface area (Å²) < 4.78 is 30.4. The molecule has 2 aromatic rings. The van der Waals surface area contributed by atoms with E-state index in [1.807, 2.05) is 12.1 Å². The fraction of sp³-hybridized carbons (Fsp3) is 0.300. The first-order chi connectivity index (χ1) is 13.8. The first-order valence-corrected chi connectivity index (χ1v) is 11.1. The summed E-state index contributed by atoms with van der Waals surface area (Å²) in [7, 11) is -3.33. The van der Waals surface area contributed by atoms with Crippen LogP contribution >= 0.6 is 11.6 Å². The second-order valence-corrected chi connectivity index (χ2v) is 9.04. The minimum atomic E-state index is -3.33. The van der Waals surface area contributed by atoms with E-state index in [0.717, 1.165) is 5.56 Å². The highest BCUT2D eigenvalue weighted by molar-refractivity contribution is 7.93. The summed E-state index contributed by atoms with van der Waals surface area (Å²) in [6.45, 7) is 0.378. The lowest BCUT2D eigenvalue weighted by Gasteiger charge is -2.17. The molecule has 0 spiro atoms. The van der Waals surface area contributed by atoms with Crippen molar-refractivity contribution in [1.82, 2.24) is 5.32 Å². The molecule has 154 valence electrons. The van der Waals surface area contributed by atoms with Crippen LogP contribution in [0, 0.1) is 0 Å². The van der Waals surface area contributed by atoms with Crippen LogP contribution in [0.5, 0.6) is 0 Å². The van der Waals surface area contributed by atoms with Crippen LogP contribution < -0.4 is 9.62 Å². The molecular weight excluding hydrogens is 416 g/mol. The van der Waals surface area contributed by atoms with Crippen LogP contribution in [0.1, 0.15) is 22.3 Å². The number of nitrogens with zero attached hydrogens (tertiary/aromatic N) is 1. The number of carbonyl (C=O) groups excluding carboxylic acids is 2. The summed E-state index contributed by atoms with van der Waals surface area (Å²) in [5.41, 5.74) is 1.64. The van der Waals surface area contributed by atoms with E-state index in [1.165, 1.54) is 16.4 Å². The van der Waals surface area contributed by atoms with E-state index < -0.39 is 28.5 Å².